The van der Waals surface area contributed by atoms with Crippen LogP contribution in [0.15, 0.2) is 30.5 Å². The zero-order valence-electron chi connectivity index (χ0n) is 22.5. The van der Waals surface area contributed by atoms with Crippen LogP contribution < -0.4 is 16.4 Å². The Morgan fingerprint density at radius 1 is 1.22 bits per heavy atom. The zero-order valence-corrected chi connectivity index (χ0v) is 22.5. The molecule has 0 spiro atoms. The number of amides is 2. The standard InChI is InChI=1S/C29H43N5O3/c1-4-19(3)25(33-22-9-7-6-8-10-22)28(36)34-18-29(37,5-2)16-24(34)27(35)32-17-20-11-12-23-21(15-20)13-14-31-26(23)30/h11-15,19,22,24-25,33,37H,4-10,16-18H2,1-3H3,(H2,30,31)(H,32,35)/t19-,24+,25-,29+/m1/s1. The lowest BCUT2D eigenvalue weighted by Gasteiger charge is -2.35. The minimum Gasteiger partial charge on any atom is -0.388 e. The van der Waals surface area contributed by atoms with Gasteiger partial charge in [0.25, 0.3) is 0 Å². The number of anilines is 1. The second-order valence-corrected chi connectivity index (χ2v) is 11.1. The van der Waals surface area contributed by atoms with Crippen LogP contribution in [0.3, 0.4) is 0 Å². The molecule has 8 nitrogen and oxygen atoms in total. The molecule has 2 amide bonds. The van der Waals surface area contributed by atoms with Crippen molar-refractivity contribution in [3.63, 3.8) is 0 Å². The number of aliphatic hydroxyl groups is 1. The summed E-state index contributed by atoms with van der Waals surface area (Å²) in [5.41, 5.74) is 5.84. The van der Waals surface area contributed by atoms with Crippen molar-refractivity contribution < 1.29 is 14.7 Å². The van der Waals surface area contributed by atoms with E-state index in [0.29, 0.717) is 24.8 Å². The highest BCUT2D eigenvalue weighted by Gasteiger charge is 2.48. The third kappa shape index (κ3) is 6.24. The summed E-state index contributed by atoms with van der Waals surface area (Å²) in [7, 11) is 0. The van der Waals surface area contributed by atoms with Crippen molar-refractivity contribution in [2.75, 3.05) is 12.3 Å². The van der Waals surface area contributed by atoms with Gasteiger partial charge in [0.05, 0.1) is 18.2 Å². The van der Waals surface area contributed by atoms with Gasteiger partial charge in [0.1, 0.15) is 11.9 Å². The highest BCUT2D eigenvalue weighted by Crippen LogP contribution is 2.32. The third-order valence-corrected chi connectivity index (χ3v) is 8.48. The van der Waals surface area contributed by atoms with E-state index in [1.165, 1.54) is 19.3 Å². The fourth-order valence-electron chi connectivity index (χ4n) is 5.77. The van der Waals surface area contributed by atoms with Crippen molar-refractivity contribution in [1.29, 1.82) is 0 Å². The molecule has 0 radical (unpaired) electrons. The molecule has 5 N–H and O–H groups in total. The van der Waals surface area contributed by atoms with Gasteiger partial charge in [0, 0.05) is 30.6 Å². The summed E-state index contributed by atoms with van der Waals surface area (Å²) in [4.78, 5) is 33.1. The Hall–Kier alpha value is -2.71. The number of carbonyl (C=O) groups is 2. The lowest BCUT2D eigenvalue weighted by atomic mass is 9.91. The fourth-order valence-corrected chi connectivity index (χ4v) is 5.77. The molecular weight excluding hydrogens is 466 g/mol. The number of fused-ring (bicyclic) bond motifs is 1. The number of hydrogen-bond acceptors (Lipinski definition) is 6. The number of nitrogens with zero attached hydrogens (tertiary/aromatic N) is 2. The predicted octanol–water partition coefficient (Wildman–Crippen LogP) is 3.51. The number of carbonyl (C=O) groups excluding carboxylic acids is 2. The number of hydrogen-bond donors (Lipinski definition) is 4. The molecule has 2 aliphatic rings. The van der Waals surface area contributed by atoms with Crippen LogP contribution in [0.5, 0.6) is 0 Å². The van der Waals surface area contributed by atoms with Gasteiger partial charge in [-0.3, -0.25) is 9.59 Å². The molecule has 1 aliphatic carbocycles. The first kappa shape index (κ1) is 27.3. The van der Waals surface area contributed by atoms with E-state index in [-0.39, 0.29) is 36.7 Å². The summed E-state index contributed by atoms with van der Waals surface area (Å²) in [5, 5.41) is 19.7. The predicted molar refractivity (Wildman–Crippen MR) is 147 cm³/mol. The molecule has 2 fully saturated rings. The van der Waals surface area contributed by atoms with E-state index in [0.717, 1.165) is 35.6 Å². The Kier molecular flexibility index (Phi) is 8.70. The number of likely N-dealkylation sites (tertiary alicyclic amines) is 1. The topological polar surface area (TPSA) is 121 Å². The average molecular weight is 510 g/mol. The largest absolute Gasteiger partial charge is 0.388 e. The van der Waals surface area contributed by atoms with E-state index in [4.69, 9.17) is 5.73 Å². The maximum absolute atomic E-state index is 13.9. The average Bonchev–Trinajstić information content (AvgIpc) is 3.28. The Labute approximate surface area is 220 Å². The highest BCUT2D eigenvalue weighted by molar-refractivity contribution is 5.92. The lowest BCUT2D eigenvalue weighted by Crippen LogP contribution is -2.56. The van der Waals surface area contributed by atoms with Crippen LogP contribution in [0.2, 0.25) is 0 Å². The zero-order chi connectivity index (χ0) is 26.6. The molecular formula is C29H43N5O3. The number of β-amino-alcohol motifs (C(OH)–C–C–N with tert-alkyl or cyclic N) is 1. The van der Waals surface area contributed by atoms with Gasteiger partial charge in [-0.15, -0.1) is 0 Å². The number of nitrogen functional groups attached to an aromatic ring is 1. The minimum atomic E-state index is -1.06. The van der Waals surface area contributed by atoms with Crippen LogP contribution in [0.25, 0.3) is 10.8 Å². The van der Waals surface area contributed by atoms with Crippen LogP contribution in [-0.4, -0.2) is 57.1 Å². The maximum atomic E-state index is 13.9. The quantitative estimate of drug-likeness (QED) is 0.411. The molecule has 4 rings (SSSR count). The first-order valence-corrected chi connectivity index (χ1v) is 13.9. The summed E-state index contributed by atoms with van der Waals surface area (Å²) in [6, 6.07) is 6.99. The van der Waals surface area contributed by atoms with Crippen LogP contribution in [0.4, 0.5) is 5.82 Å². The number of rotatable bonds is 9. The van der Waals surface area contributed by atoms with E-state index in [1.54, 1.807) is 11.1 Å². The highest BCUT2D eigenvalue weighted by atomic mass is 16.3. The van der Waals surface area contributed by atoms with Gasteiger partial charge in [-0.2, -0.15) is 0 Å². The van der Waals surface area contributed by atoms with Crippen molar-refractivity contribution in [3.8, 4) is 0 Å². The van der Waals surface area contributed by atoms with Crippen molar-refractivity contribution in [1.82, 2.24) is 20.5 Å². The van der Waals surface area contributed by atoms with Crippen molar-refractivity contribution in [2.45, 2.75) is 102 Å². The second-order valence-electron chi connectivity index (χ2n) is 11.1. The SMILES string of the molecule is CC[C@@H](C)[C@@H](NC1CCCCC1)C(=O)N1C[C@](O)(CC)C[C@H]1C(=O)NCc1ccc2c(N)nccc2c1. The second kappa shape index (κ2) is 11.8. The van der Waals surface area contributed by atoms with E-state index < -0.39 is 11.6 Å². The molecule has 4 atom stereocenters. The Bertz CT molecular complexity index is 1100. The molecule has 2 heterocycles. The number of aromatic nitrogens is 1. The van der Waals surface area contributed by atoms with E-state index in [2.05, 4.69) is 29.5 Å². The Morgan fingerprint density at radius 3 is 2.68 bits per heavy atom. The smallest absolute Gasteiger partial charge is 0.243 e. The summed E-state index contributed by atoms with van der Waals surface area (Å²) < 4.78 is 0. The summed E-state index contributed by atoms with van der Waals surface area (Å²) in [6.45, 7) is 6.61. The molecule has 1 saturated heterocycles. The molecule has 0 bridgehead atoms. The molecule has 1 saturated carbocycles. The van der Waals surface area contributed by atoms with Gasteiger partial charge in [-0.05, 0) is 48.3 Å². The molecule has 2 aromatic rings. The van der Waals surface area contributed by atoms with Crippen molar-refractivity contribution in [3.05, 3.63) is 36.0 Å². The molecule has 8 heteroatoms. The number of benzene rings is 1. The Balaban J connectivity index is 1.49. The van der Waals surface area contributed by atoms with E-state index in [9.17, 15) is 14.7 Å². The minimum absolute atomic E-state index is 0.0712. The van der Waals surface area contributed by atoms with Gasteiger partial charge in [0.2, 0.25) is 11.8 Å². The first-order valence-electron chi connectivity index (χ1n) is 13.9. The first-order chi connectivity index (χ1) is 17.7. The number of nitrogens with one attached hydrogen (secondary N) is 2. The molecule has 0 unspecified atom stereocenters. The van der Waals surface area contributed by atoms with Gasteiger partial charge in [-0.1, -0.05) is 58.6 Å². The molecule has 1 aromatic heterocycles. The fraction of sp³-hybridized carbons (Fsp3) is 0.621. The van der Waals surface area contributed by atoms with E-state index in [1.807, 2.05) is 31.2 Å². The molecule has 1 aromatic carbocycles. The van der Waals surface area contributed by atoms with Gasteiger partial charge >= 0.3 is 0 Å². The summed E-state index contributed by atoms with van der Waals surface area (Å²) >= 11 is 0. The normalized spacial score (nSPS) is 24.2. The summed E-state index contributed by atoms with van der Waals surface area (Å²) in [6.07, 6.45) is 9.04. The van der Waals surface area contributed by atoms with Crippen LogP contribution in [-0.2, 0) is 16.1 Å². The monoisotopic (exact) mass is 509 g/mol. The molecule has 202 valence electrons. The molecule has 1 aliphatic heterocycles. The summed E-state index contributed by atoms with van der Waals surface area (Å²) in [5.74, 6) is 0.309. The maximum Gasteiger partial charge on any atom is 0.243 e. The third-order valence-electron chi connectivity index (χ3n) is 8.48. The van der Waals surface area contributed by atoms with Gasteiger partial charge in [-0.25, -0.2) is 4.98 Å². The number of nitrogens with two attached hydrogens (primary N) is 1. The van der Waals surface area contributed by atoms with Gasteiger partial charge in [0.15, 0.2) is 0 Å². The van der Waals surface area contributed by atoms with Crippen LogP contribution >= 0.6 is 0 Å². The number of pyridine rings is 1. The van der Waals surface area contributed by atoms with Crippen LogP contribution in [0.1, 0.15) is 77.7 Å². The van der Waals surface area contributed by atoms with Crippen molar-refractivity contribution >= 4 is 28.4 Å². The Morgan fingerprint density at radius 2 is 1.97 bits per heavy atom. The van der Waals surface area contributed by atoms with E-state index >= 15 is 0 Å². The lowest BCUT2D eigenvalue weighted by molar-refractivity contribution is -0.141. The van der Waals surface area contributed by atoms with Gasteiger partial charge < -0.3 is 26.4 Å². The van der Waals surface area contributed by atoms with Crippen LogP contribution in [0, 0.1) is 5.92 Å². The van der Waals surface area contributed by atoms with Crippen molar-refractivity contribution in [2.24, 2.45) is 5.92 Å². The molecule has 37 heavy (non-hydrogen) atoms.